The maximum Gasteiger partial charge on any atom is 0.327 e. The van der Waals surface area contributed by atoms with Crippen molar-refractivity contribution in [1.82, 2.24) is 0 Å². The summed E-state index contributed by atoms with van der Waals surface area (Å²) in [6.45, 7) is 6.42. The zero-order valence-electron chi connectivity index (χ0n) is 7.42. The van der Waals surface area contributed by atoms with Gasteiger partial charge in [-0.25, -0.2) is 4.79 Å². The molecule has 0 aromatic heterocycles. The fraction of sp³-hybridized carbons (Fsp3) is 0.667. The van der Waals surface area contributed by atoms with Crippen LogP contribution < -0.4 is 0 Å². The predicted molar refractivity (Wildman–Crippen MR) is 45.5 cm³/mol. The Labute approximate surface area is 67.9 Å². The first-order chi connectivity index (χ1) is 4.92. The number of rotatable bonds is 3. The first-order valence-electron chi connectivity index (χ1n) is 3.81. The summed E-state index contributed by atoms with van der Waals surface area (Å²) in [5.74, 6) is -0.862. The van der Waals surface area contributed by atoms with Crippen LogP contribution in [0, 0.1) is 5.41 Å². The molecule has 0 saturated heterocycles. The standard InChI is InChI=1S/C9H16O2/c1-9(2,3)7-5-4-6-8(10)11/h4,6H,5,7H2,1-3H3,(H,10,11). The van der Waals surface area contributed by atoms with Gasteiger partial charge in [-0.3, -0.25) is 0 Å². The lowest BCUT2D eigenvalue weighted by atomic mass is 9.90. The summed E-state index contributed by atoms with van der Waals surface area (Å²) in [7, 11) is 0. The van der Waals surface area contributed by atoms with E-state index in [9.17, 15) is 4.79 Å². The van der Waals surface area contributed by atoms with Crippen molar-refractivity contribution in [3.63, 3.8) is 0 Å². The highest BCUT2D eigenvalue weighted by Crippen LogP contribution is 2.20. The molecule has 0 radical (unpaired) electrons. The second kappa shape index (κ2) is 4.16. The predicted octanol–water partition coefficient (Wildman–Crippen LogP) is 2.45. The number of aliphatic carboxylic acids is 1. The molecular formula is C9H16O2. The maximum atomic E-state index is 10.0. The van der Waals surface area contributed by atoms with E-state index >= 15 is 0 Å². The highest BCUT2D eigenvalue weighted by molar-refractivity contribution is 5.79. The van der Waals surface area contributed by atoms with E-state index in [4.69, 9.17) is 5.11 Å². The van der Waals surface area contributed by atoms with Gasteiger partial charge in [0.25, 0.3) is 0 Å². The van der Waals surface area contributed by atoms with E-state index in [0.717, 1.165) is 12.8 Å². The summed E-state index contributed by atoms with van der Waals surface area (Å²) in [6, 6.07) is 0. The quantitative estimate of drug-likeness (QED) is 0.637. The summed E-state index contributed by atoms with van der Waals surface area (Å²) >= 11 is 0. The van der Waals surface area contributed by atoms with Gasteiger partial charge in [0.15, 0.2) is 0 Å². The Hall–Kier alpha value is -0.790. The lowest BCUT2D eigenvalue weighted by Crippen LogP contribution is -2.03. The van der Waals surface area contributed by atoms with E-state index in [0.29, 0.717) is 5.41 Å². The SMILES string of the molecule is CC(C)(C)CCC=CC(=O)O. The largest absolute Gasteiger partial charge is 0.478 e. The number of allylic oxidation sites excluding steroid dienone is 1. The van der Waals surface area contributed by atoms with E-state index in [-0.39, 0.29) is 0 Å². The van der Waals surface area contributed by atoms with Gasteiger partial charge in [0.2, 0.25) is 0 Å². The smallest absolute Gasteiger partial charge is 0.327 e. The Kier molecular flexibility index (Phi) is 3.86. The van der Waals surface area contributed by atoms with E-state index in [2.05, 4.69) is 20.8 Å². The lowest BCUT2D eigenvalue weighted by molar-refractivity contribution is -0.131. The third kappa shape index (κ3) is 9.21. The van der Waals surface area contributed by atoms with Crippen LogP contribution in [-0.2, 0) is 4.79 Å². The van der Waals surface area contributed by atoms with Gasteiger partial charge in [-0.1, -0.05) is 26.8 Å². The second-order valence-corrected chi connectivity index (χ2v) is 3.84. The second-order valence-electron chi connectivity index (χ2n) is 3.84. The molecule has 0 aromatic carbocycles. The van der Waals surface area contributed by atoms with Crippen LogP contribution in [0.15, 0.2) is 12.2 Å². The molecule has 0 heterocycles. The normalized spacial score (nSPS) is 12.3. The lowest BCUT2D eigenvalue weighted by Gasteiger charge is -2.15. The average molecular weight is 156 g/mol. The zero-order valence-corrected chi connectivity index (χ0v) is 7.42. The molecule has 0 aliphatic carbocycles. The van der Waals surface area contributed by atoms with Crippen LogP contribution >= 0.6 is 0 Å². The molecule has 0 amide bonds. The molecule has 64 valence electrons. The molecule has 0 saturated carbocycles. The molecule has 0 aliphatic heterocycles. The van der Waals surface area contributed by atoms with Crippen molar-refractivity contribution >= 4 is 5.97 Å². The van der Waals surface area contributed by atoms with Gasteiger partial charge in [-0.05, 0) is 18.3 Å². The minimum atomic E-state index is -0.862. The van der Waals surface area contributed by atoms with Crippen LogP contribution in [0.3, 0.4) is 0 Å². The topological polar surface area (TPSA) is 37.3 Å². The highest BCUT2D eigenvalue weighted by atomic mass is 16.4. The maximum absolute atomic E-state index is 10.0. The van der Waals surface area contributed by atoms with Gasteiger partial charge < -0.3 is 5.11 Å². The minimum absolute atomic E-state index is 0.294. The van der Waals surface area contributed by atoms with Crippen LogP contribution in [0.25, 0.3) is 0 Å². The van der Waals surface area contributed by atoms with Gasteiger partial charge in [-0.2, -0.15) is 0 Å². The Balaban J connectivity index is 3.50. The Bertz CT molecular complexity index is 151. The monoisotopic (exact) mass is 156 g/mol. The molecule has 2 heteroatoms. The van der Waals surface area contributed by atoms with E-state index in [1.807, 2.05) is 0 Å². The van der Waals surface area contributed by atoms with Gasteiger partial charge in [0.05, 0.1) is 0 Å². The van der Waals surface area contributed by atoms with Gasteiger partial charge in [-0.15, -0.1) is 0 Å². The third-order valence-corrected chi connectivity index (χ3v) is 1.32. The molecule has 0 aliphatic rings. The van der Waals surface area contributed by atoms with Crippen LogP contribution in [0.2, 0.25) is 0 Å². The number of hydrogen-bond acceptors (Lipinski definition) is 1. The number of carboxylic acids is 1. The number of carboxylic acid groups (broad SMARTS) is 1. The van der Waals surface area contributed by atoms with Crippen LogP contribution in [-0.4, -0.2) is 11.1 Å². The fourth-order valence-electron chi connectivity index (χ4n) is 0.700. The van der Waals surface area contributed by atoms with Gasteiger partial charge in [0, 0.05) is 6.08 Å². The number of hydrogen-bond donors (Lipinski definition) is 1. The Morgan fingerprint density at radius 1 is 1.45 bits per heavy atom. The van der Waals surface area contributed by atoms with Crippen LogP contribution in [0.4, 0.5) is 0 Å². The summed E-state index contributed by atoms with van der Waals surface area (Å²) in [6.07, 6.45) is 4.77. The van der Waals surface area contributed by atoms with Crippen molar-refractivity contribution in [2.24, 2.45) is 5.41 Å². The first-order valence-corrected chi connectivity index (χ1v) is 3.81. The molecule has 0 atom stereocenters. The molecule has 1 N–H and O–H groups in total. The fourth-order valence-corrected chi connectivity index (χ4v) is 0.700. The van der Waals surface area contributed by atoms with Crippen molar-refractivity contribution in [2.75, 3.05) is 0 Å². The minimum Gasteiger partial charge on any atom is -0.478 e. The summed E-state index contributed by atoms with van der Waals surface area (Å²) in [5.41, 5.74) is 0.294. The molecule has 0 rings (SSSR count). The van der Waals surface area contributed by atoms with Crippen molar-refractivity contribution in [2.45, 2.75) is 33.6 Å². The van der Waals surface area contributed by atoms with Crippen LogP contribution in [0.1, 0.15) is 33.6 Å². The zero-order chi connectivity index (χ0) is 8.91. The molecule has 0 fully saturated rings. The van der Waals surface area contributed by atoms with E-state index in [1.165, 1.54) is 6.08 Å². The molecule has 0 spiro atoms. The Morgan fingerprint density at radius 2 is 2.00 bits per heavy atom. The van der Waals surface area contributed by atoms with E-state index < -0.39 is 5.97 Å². The number of carbonyl (C=O) groups is 1. The summed E-state index contributed by atoms with van der Waals surface area (Å²) in [4.78, 5) is 10.0. The van der Waals surface area contributed by atoms with Crippen molar-refractivity contribution < 1.29 is 9.90 Å². The van der Waals surface area contributed by atoms with Crippen molar-refractivity contribution in [1.29, 1.82) is 0 Å². The molecular weight excluding hydrogens is 140 g/mol. The average Bonchev–Trinajstić information content (AvgIpc) is 1.78. The van der Waals surface area contributed by atoms with Gasteiger partial charge >= 0.3 is 5.97 Å². The Morgan fingerprint density at radius 3 is 2.36 bits per heavy atom. The molecule has 2 nitrogen and oxygen atoms in total. The summed E-state index contributed by atoms with van der Waals surface area (Å²) in [5, 5.41) is 8.26. The van der Waals surface area contributed by atoms with E-state index in [1.54, 1.807) is 6.08 Å². The molecule has 11 heavy (non-hydrogen) atoms. The van der Waals surface area contributed by atoms with Crippen LogP contribution in [0.5, 0.6) is 0 Å². The summed E-state index contributed by atoms with van der Waals surface area (Å²) < 4.78 is 0. The highest BCUT2D eigenvalue weighted by Gasteiger charge is 2.07. The first kappa shape index (κ1) is 10.2. The van der Waals surface area contributed by atoms with Crippen molar-refractivity contribution in [3.05, 3.63) is 12.2 Å². The molecule has 0 unspecified atom stereocenters. The van der Waals surface area contributed by atoms with Crippen molar-refractivity contribution in [3.8, 4) is 0 Å². The van der Waals surface area contributed by atoms with Gasteiger partial charge in [0.1, 0.15) is 0 Å². The molecule has 0 bridgehead atoms. The molecule has 0 aromatic rings. The third-order valence-electron chi connectivity index (χ3n) is 1.32.